The highest BCUT2D eigenvalue weighted by Gasteiger charge is 2.08. The molecule has 0 fully saturated rings. The molecule has 0 bridgehead atoms. The molecule has 0 spiro atoms. The molecular weight excluding hydrogens is 170 g/mol. The first-order valence-corrected chi connectivity index (χ1v) is 5.06. The number of carboxylic acids is 1. The summed E-state index contributed by atoms with van der Waals surface area (Å²) in [5, 5.41) is 9.55. The Hall–Kier alpha value is -1.42. The molecule has 0 aliphatic carbocycles. The Bertz CT molecular complexity index is 312. The number of carboxylic acid groups (broad SMARTS) is 1. The third-order valence-electron chi connectivity index (χ3n) is 1.46. The molecule has 1 aromatic heterocycles. The van der Waals surface area contributed by atoms with E-state index in [9.17, 15) is 4.79 Å². The Morgan fingerprint density at radius 2 is 2.50 bits per heavy atom. The minimum absolute atomic E-state index is 0.170. The molecule has 62 valence electrons. The SMILES string of the molecule is C=C[SiH2]c1cccnc1C(=O)O. The van der Waals surface area contributed by atoms with Gasteiger partial charge in [-0.3, -0.25) is 0 Å². The van der Waals surface area contributed by atoms with Gasteiger partial charge in [-0.2, -0.15) is 0 Å². The molecule has 0 unspecified atom stereocenters. The summed E-state index contributed by atoms with van der Waals surface area (Å²) in [6.45, 7) is 3.60. The lowest BCUT2D eigenvalue weighted by Gasteiger charge is -1.99. The summed E-state index contributed by atoms with van der Waals surface area (Å²) in [5.74, 6) is -0.958. The van der Waals surface area contributed by atoms with Crippen LogP contribution in [0.15, 0.2) is 30.6 Å². The molecular formula is C8H9NO2Si. The van der Waals surface area contributed by atoms with Gasteiger partial charge in [0.25, 0.3) is 0 Å². The summed E-state index contributed by atoms with van der Waals surface area (Å²) in [6.07, 6.45) is 1.49. The number of carbonyl (C=O) groups is 1. The zero-order valence-electron chi connectivity index (χ0n) is 6.53. The summed E-state index contributed by atoms with van der Waals surface area (Å²) in [5.41, 5.74) is 1.97. The number of aromatic nitrogens is 1. The van der Waals surface area contributed by atoms with E-state index in [-0.39, 0.29) is 5.69 Å². The molecule has 1 heterocycles. The van der Waals surface area contributed by atoms with Gasteiger partial charge in [-0.05, 0) is 11.3 Å². The van der Waals surface area contributed by atoms with Crippen molar-refractivity contribution in [3.63, 3.8) is 0 Å². The average Bonchev–Trinajstić information content (AvgIpc) is 2.05. The van der Waals surface area contributed by atoms with E-state index >= 15 is 0 Å². The topological polar surface area (TPSA) is 50.2 Å². The van der Waals surface area contributed by atoms with E-state index in [0.717, 1.165) is 5.19 Å². The van der Waals surface area contributed by atoms with Gasteiger partial charge in [0.15, 0.2) is 0 Å². The Labute approximate surface area is 72.6 Å². The molecule has 4 heteroatoms. The second-order valence-corrected chi connectivity index (χ2v) is 4.06. The van der Waals surface area contributed by atoms with Crippen LogP contribution >= 0.6 is 0 Å². The van der Waals surface area contributed by atoms with Crippen LogP contribution in [-0.4, -0.2) is 25.6 Å². The first-order valence-electron chi connectivity index (χ1n) is 3.53. The Morgan fingerprint density at radius 3 is 3.08 bits per heavy atom. The maximum Gasteiger partial charge on any atom is 0.354 e. The normalized spacial score (nSPS) is 10.3. The summed E-state index contributed by atoms with van der Waals surface area (Å²) >= 11 is 0. The van der Waals surface area contributed by atoms with Crippen molar-refractivity contribution in [1.82, 2.24) is 4.98 Å². The molecule has 0 radical (unpaired) electrons. The van der Waals surface area contributed by atoms with Crippen molar-refractivity contribution in [3.8, 4) is 0 Å². The van der Waals surface area contributed by atoms with E-state index < -0.39 is 15.5 Å². The van der Waals surface area contributed by atoms with E-state index in [2.05, 4.69) is 11.6 Å². The highest BCUT2D eigenvalue weighted by atomic mass is 28.2. The van der Waals surface area contributed by atoms with Gasteiger partial charge in [0, 0.05) is 6.20 Å². The minimum atomic E-state index is -0.958. The smallest absolute Gasteiger partial charge is 0.354 e. The van der Waals surface area contributed by atoms with Gasteiger partial charge in [0.2, 0.25) is 0 Å². The molecule has 0 aromatic carbocycles. The molecule has 1 aromatic rings. The largest absolute Gasteiger partial charge is 0.477 e. The van der Waals surface area contributed by atoms with Crippen LogP contribution in [-0.2, 0) is 0 Å². The fourth-order valence-electron chi connectivity index (χ4n) is 0.951. The molecule has 1 rings (SSSR count). The van der Waals surface area contributed by atoms with Gasteiger partial charge < -0.3 is 5.11 Å². The third-order valence-corrected chi connectivity index (χ3v) is 2.76. The van der Waals surface area contributed by atoms with Crippen LogP contribution in [0, 0.1) is 0 Å². The van der Waals surface area contributed by atoms with Gasteiger partial charge in [-0.15, -0.1) is 12.3 Å². The second kappa shape index (κ2) is 3.82. The van der Waals surface area contributed by atoms with Gasteiger partial charge in [0.05, 0.1) is 9.52 Å². The Balaban J connectivity index is 3.07. The zero-order valence-corrected chi connectivity index (χ0v) is 7.94. The van der Waals surface area contributed by atoms with Gasteiger partial charge in [-0.25, -0.2) is 9.78 Å². The highest BCUT2D eigenvalue weighted by Crippen LogP contribution is 1.89. The summed E-state index contributed by atoms with van der Waals surface area (Å²) in [4.78, 5) is 14.4. The summed E-state index contributed by atoms with van der Waals surface area (Å²) in [7, 11) is -0.652. The van der Waals surface area contributed by atoms with Gasteiger partial charge in [-0.1, -0.05) is 6.07 Å². The Kier molecular flexibility index (Phi) is 2.76. The van der Waals surface area contributed by atoms with E-state index in [1.807, 2.05) is 0 Å². The summed E-state index contributed by atoms with van der Waals surface area (Å²) in [6, 6.07) is 3.54. The lowest BCUT2D eigenvalue weighted by molar-refractivity contribution is 0.0692. The van der Waals surface area contributed by atoms with Gasteiger partial charge >= 0.3 is 5.97 Å². The molecule has 1 N–H and O–H groups in total. The second-order valence-electron chi connectivity index (χ2n) is 2.31. The average molecular weight is 179 g/mol. The fraction of sp³-hybridized carbons (Fsp3) is 0. The number of hydrogen-bond acceptors (Lipinski definition) is 2. The molecule has 0 aliphatic heterocycles. The van der Waals surface area contributed by atoms with Crippen molar-refractivity contribution in [3.05, 3.63) is 36.3 Å². The third kappa shape index (κ3) is 1.79. The van der Waals surface area contributed by atoms with Crippen LogP contribution in [0.4, 0.5) is 0 Å². The van der Waals surface area contributed by atoms with Crippen LogP contribution in [0.3, 0.4) is 0 Å². The molecule has 0 saturated carbocycles. The van der Waals surface area contributed by atoms with Crippen LogP contribution in [0.25, 0.3) is 0 Å². The lowest BCUT2D eigenvalue weighted by atomic mass is 10.3. The molecule has 0 saturated heterocycles. The monoisotopic (exact) mass is 179 g/mol. The van der Waals surface area contributed by atoms with Gasteiger partial charge in [0.1, 0.15) is 5.69 Å². The maximum atomic E-state index is 10.6. The minimum Gasteiger partial charge on any atom is -0.477 e. The van der Waals surface area contributed by atoms with E-state index in [0.29, 0.717) is 0 Å². The molecule has 12 heavy (non-hydrogen) atoms. The van der Waals surface area contributed by atoms with Crippen molar-refractivity contribution in [2.45, 2.75) is 0 Å². The first kappa shape index (κ1) is 8.67. The highest BCUT2D eigenvalue weighted by molar-refractivity contribution is 6.59. The number of pyridine rings is 1. The van der Waals surface area contributed by atoms with E-state index in [1.54, 1.807) is 17.8 Å². The predicted molar refractivity (Wildman–Crippen MR) is 49.6 cm³/mol. The van der Waals surface area contributed by atoms with Crippen molar-refractivity contribution in [2.24, 2.45) is 0 Å². The van der Waals surface area contributed by atoms with Crippen molar-refractivity contribution in [1.29, 1.82) is 0 Å². The number of hydrogen-bond donors (Lipinski definition) is 1. The maximum absolute atomic E-state index is 10.6. The van der Waals surface area contributed by atoms with Crippen molar-refractivity contribution in [2.75, 3.05) is 0 Å². The summed E-state index contributed by atoms with van der Waals surface area (Å²) < 4.78 is 0. The van der Waals surface area contributed by atoms with Crippen molar-refractivity contribution >= 4 is 20.7 Å². The van der Waals surface area contributed by atoms with Crippen LogP contribution in [0.2, 0.25) is 0 Å². The standard InChI is InChI=1S/C8H9NO2Si/c1-2-12-6-4-3-5-9-7(6)8(10)11/h2-5H,1,12H2,(H,10,11). The van der Waals surface area contributed by atoms with E-state index in [1.165, 1.54) is 6.20 Å². The fourth-order valence-corrected chi connectivity index (χ4v) is 1.97. The zero-order chi connectivity index (χ0) is 8.97. The van der Waals surface area contributed by atoms with Crippen LogP contribution in [0.1, 0.15) is 10.5 Å². The molecule has 3 nitrogen and oxygen atoms in total. The van der Waals surface area contributed by atoms with Crippen LogP contribution in [0.5, 0.6) is 0 Å². The lowest BCUT2D eigenvalue weighted by Crippen LogP contribution is -2.22. The molecule has 0 aliphatic rings. The predicted octanol–water partition coefficient (Wildman–Crippen LogP) is -0.283. The quantitative estimate of drug-likeness (QED) is 0.649. The van der Waals surface area contributed by atoms with Crippen LogP contribution < -0.4 is 5.19 Å². The van der Waals surface area contributed by atoms with Crippen molar-refractivity contribution < 1.29 is 9.90 Å². The Morgan fingerprint density at radius 1 is 1.75 bits per heavy atom. The number of nitrogens with zero attached hydrogens (tertiary/aromatic N) is 1. The molecule has 0 atom stereocenters. The molecule has 0 amide bonds. The van der Waals surface area contributed by atoms with E-state index in [4.69, 9.17) is 5.11 Å². The number of aromatic carboxylic acids is 1. The number of rotatable bonds is 3. The first-order chi connectivity index (χ1) is 5.75.